The quantitative estimate of drug-likeness (QED) is 0.319. The van der Waals surface area contributed by atoms with Crippen molar-refractivity contribution in [1.82, 2.24) is 0 Å². The number of allylic oxidation sites excluding steroid dienone is 1. The topological polar surface area (TPSA) is 9.23 Å². The van der Waals surface area contributed by atoms with Crippen molar-refractivity contribution in [3.63, 3.8) is 0 Å². The molecule has 2 heteroatoms. The van der Waals surface area contributed by atoms with E-state index in [1.165, 1.54) is 25.7 Å². The van der Waals surface area contributed by atoms with Crippen LogP contribution in [0.2, 0.25) is 19.6 Å². The summed E-state index contributed by atoms with van der Waals surface area (Å²) >= 11 is 0. The lowest BCUT2D eigenvalue weighted by molar-refractivity contribution is 0.0522. The number of unbranched alkanes of at least 4 members (excludes halogenated alkanes) is 1. The number of hydrogen-bond acceptors (Lipinski definition) is 1. The van der Waals surface area contributed by atoms with Gasteiger partial charge in [-0.2, -0.15) is 0 Å². The van der Waals surface area contributed by atoms with E-state index >= 15 is 0 Å². The second-order valence-electron chi connectivity index (χ2n) is 6.71. The monoisotopic (exact) mass is 296 g/mol. The molecule has 0 rings (SSSR count). The molecule has 0 aromatic rings. The molecular weight excluding hydrogens is 260 g/mol. The van der Waals surface area contributed by atoms with Gasteiger partial charge >= 0.3 is 0 Å². The third-order valence-electron chi connectivity index (χ3n) is 3.59. The Morgan fingerprint density at radius 3 is 2.20 bits per heavy atom. The molecule has 0 saturated heterocycles. The molecule has 0 aromatic heterocycles. The van der Waals surface area contributed by atoms with Crippen LogP contribution in [-0.2, 0) is 4.43 Å². The maximum absolute atomic E-state index is 6.66. The van der Waals surface area contributed by atoms with Crippen molar-refractivity contribution in [3.05, 3.63) is 24.8 Å². The van der Waals surface area contributed by atoms with Gasteiger partial charge in [0.05, 0.1) is 5.60 Å². The fourth-order valence-electron chi connectivity index (χ4n) is 2.75. The molecule has 0 amide bonds. The molecule has 1 nitrogen and oxygen atoms in total. The fourth-order valence-corrected chi connectivity index (χ4v) is 4.22. The van der Waals surface area contributed by atoms with Crippen molar-refractivity contribution in [2.45, 2.75) is 84.5 Å². The molecule has 2 unspecified atom stereocenters. The zero-order valence-electron chi connectivity index (χ0n) is 14.7. The minimum absolute atomic E-state index is 0.165. The van der Waals surface area contributed by atoms with Crippen LogP contribution in [0, 0.1) is 5.92 Å². The van der Waals surface area contributed by atoms with Gasteiger partial charge in [0, 0.05) is 5.92 Å². The Labute approximate surface area is 128 Å². The van der Waals surface area contributed by atoms with Crippen molar-refractivity contribution >= 4 is 8.32 Å². The van der Waals surface area contributed by atoms with Gasteiger partial charge in [-0.05, 0) is 38.9 Å². The van der Waals surface area contributed by atoms with E-state index in [4.69, 9.17) is 4.43 Å². The average molecular weight is 297 g/mol. The summed E-state index contributed by atoms with van der Waals surface area (Å²) in [5, 5.41) is 0. The Kier molecular flexibility index (Phi) is 9.40. The molecule has 0 fully saturated rings. The Hall–Kier alpha value is -0.343. The summed E-state index contributed by atoms with van der Waals surface area (Å²) in [7, 11) is -1.60. The van der Waals surface area contributed by atoms with E-state index in [-0.39, 0.29) is 5.60 Å². The lowest BCUT2D eigenvalue weighted by Crippen LogP contribution is -2.46. The third kappa shape index (κ3) is 6.89. The first-order chi connectivity index (χ1) is 9.35. The van der Waals surface area contributed by atoms with Gasteiger partial charge in [-0.1, -0.05) is 58.3 Å². The van der Waals surface area contributed by atoms with E-state index in [1.807, 2.05) is 0 Å². The molecule has 0 bridgehead atoms. The molecule has 118 valence electrons. The van der Waals surface area contributed by atoms with Crippen molar-refractivity contribution in [3.8, 4) is 0 Å². The van der Waals surface area contributed by atoms with Gasteiger partial charge < -0.3 is 4.43 Å². The lowest BCUT2D eigenvalue weighted by atomic mass is 9.80. The first-order valence-electron chi connectivity index (χ1n) is 8.35. The summed E-state index contributed by atoms with van der Waals surface area (Å²) in [6, 6.07) is 0. The van der Waals surface area contributed by atoms with Crippen molar-refractivity contribution in [1.29, 1.82) is 0 Å². The number of rotatable bonds is 11. The van der Waals surface area contributed by atoms with Crippen molar-refractivity contribution in [2.24, 2.45) is 5.92 Å². The smallest absolute Gasteiger partial charge is 0.184 e. The standard InChI is InChI=1S/C18H36OSi/c1-8-12-15-17(14-10-3)18(11-4,16-13-9-2)19-20(5,6)7/h11-12,15,17H,4,8-10,13-14,16H2,1-3,5-7H3. The Balaban J connectivity index is 5.38. The van der Waals surface area contributed by atoms with Crippen LogP contribution in [0.3, 0.4) is 0 Å². The van der Waals surface area contributed by atoms with Gasteiger partial charge in [0.15, 0.2) is 8.32 Å². The Morgan fingerprint density at radius 2 is 1.80 bits per heavy atom. The van der Waals surface area contributed by atoms with Gasteiger partial charge in [-0.3, -0.25) is 0 Å². The van der Waals surface area contributed by atoms with Crippen LogP contribution in [0.4, 0.5) is 0 Å². The summed E-state index contributed by atoms with van der Waals surface area (Å²) in [6.07, 6.45) is 13.7. The highest BCUT2D eigenvalue weighted by molar-refractivity contribution is 6.69. The van der Waals surface area contributed by atoms with Gasteiger partial charge in [-0.15, -0.1) is 6.58 Å². The highest BCUT2D eigenvalue weighted by Crippen LogP contribution is 2.36. The summed E-state index contributed by atoms with van der Waals surface area (Å²) in [6.45, 7) is 17.7. The Bertz CT molecular complexity index is 290. The van der Waals surface area contributed by atoms with Crippen LogP contribution in [0.5, 0.6) is 0 Å². The first-order valence-corrected chi connectivity index (χ1v) is 11.8. The van der Waals surface area contributed by atoms with Crippen LogP contribution < -0.4 is 0 Å². The van der Waals surface area contributed by atoms with Gasteiger partial charge in [0.1, 0.15) is 0 Å². The largest absolute Gasteiger partial charge is 0.408 e. The van der Waals surface area contributed by atoms with Crippen LogP contribution in [-0.4, -0.2) is 13.9 Å². The molecule has 0 aliphatic heterocycles. The van der Waals surface area contributed by atoms with Crippen LogP contribution in [0.25, 0.3) is 0 Å². The van der Waals surface area contributed by atoms with Gasteiger partial charge in [0.2, 0.25) is 0 Å². The normalized spacial score (nSPS) is 17.1. The van der Waals surface area contributed by atoms with E-state index in [1.54, 1.807) is 0 Å². The SMILES string of the molecule is C=CC(CCCC)(O[Si](C)(C)C)C(C=CCC)CCC. The molecule has 0 aliphatic rings. The second kappa shape index (κ2) is 9.57. The molecule has 20 heavy (non-hydrogen) atoms. The molecular formula is C18H36OSi. The van der Waals surface area contributed by atoms with E-state index in [2.05, 4.69) is 65.2 Å². The molecule has 2 atom stereocenters. The number of hydrogen-bond donors (Lipinski definition) is 0. The predicted molar refractivity (Wildman–Crippen MR) is 94.7 cm³/mol. The van der Waals surface area contributed by atoms with E-state index in [0.29, 0.717) is 5.92 Å². The third-order valence-corrected chi connectivity index (χ3v) is 4.59. The zero-order chi connectivity index (χ0) is 15.6. The fraction of sp³-hybridized carbons (Fsp3) is 0.778. The minimum Gasteiger partial charge on any atom is -0.408 e. The van der Waals surface area contributed by atoms with Gasteiger partial charge in [-0.25, -0.2) is 0 Å². The predicted octanol–water partition coefficient (Wildman–Crippen LogP) is 6.34. The van der Waals surface area contributed by atoms with Crippen LogP contribution in [0.15, 0.2) is 24.8 Å². The summed E-state index contributed by atoms with van der Waals surface area (Å²) < 4.78 is 6.66. The molecule has 0 N–H and O–H groups in total. The maximum Gasteiger partial charge on any atom is 0.184 e. The molecule has 0 saturated carbocycles. The van der Waals surface area contributed by atoms with Crippen molar-refractivity contribution < 1.29 is 4.43 Å². The molecule has 0 heterocycles. The van der Waals surface area contributed by atoms with Crippen molar-refractivity contribution in [2.75, 3.05) is 0 Å². The van der Waals surface area contributed by atoms with Gasteiger partial charge in [0.25, 0.3) is 0 Å². The maximum atomic E-state index is 6.66. The van der Waals surface area contributed by atoms with E-state index in [0.717, 1.165) is 12.8 Å². The van der Waals surface area contributed by atoms with E-state index in [9.17, 15) is 0 Å². The molecule has 0 aromatic carbocycles. The summed E-state index contributed by atoms with van der Waals surface area (Å²) in [5.74, 6) is 0.461. The highest BCUT2D eigenvalue weighted by atomic mass is 28.4. The first kappa shape index (κ1) is 19.7. The second-order valence-corrected chi connectivity index (χ2v) is 11.1. The molecule has 0 aliphatic carbocycles. The zero-order valence-corrected chi connectivity index (χ0v) is 15.7. The van der Waals surface area contributed by atoms with Crippen LogP contribution >= 0.6 is 0 Å². The Morgan fingerprint density at radius 1 is 1.15 bits per heavy atom. The summed E-state index contributed by atoms with van der Waals surface area (Å²) in [4.78, 5) is 0. The van der Waals surface area contributed by atoms with E-state index < -0.39 is 8.32 Å². The van der Waals surface area contributed by atoms with Crippen LogP contribution in [0.1, 0.15) is 59.3 Å². The highest BCUT2D eigenvalue weighted by Gasteiger charge is 2.38. The molecule has 0 spiro atoms. The minimum atomic E-state index is -1.60. The summed E-state index contributed by atoms with van der Waals surface area (Å²) in [5.41, 5.74) is -0.165. The molecule has 0 radical (unpaired) electrons. The lowest BCUT2D eigenvalue weighted by Gasteiger charge is -2.42. The average Bonchev–Trinajstić information content (AvgIpc) is 2.38.